The van der Waals surface area contributed by atoms with Crippen molar-refractivity contribution in [2.75, 3.05) is 12.4 Å². The Bertz CT molecular complexity index is 490. The maximum atomic E-state index is 12.5. The topological polar surface area (TPSA) is 74.6 Å². The molecule has 0 aliphatic carbocycles. The lowest BCUT2D eigenvalue weighted by molar-refractivity contribution is 0.113. The number of rotatable bonds is 6. The van der Waals surface area contributed by atoms with Gasteiger partial charge in [0, 0.05) is 10.6 Å². The second-order valence-electron chi connectivity index (χ2n) is 3.40. The van der Waals surface area contributed by atoms with Crippen LogP contribution in [0.5, 0.6) is 0 Å². The van der Waals surface area contributed by atoms with E-state index in [4.69, 9.17) is 10.2 Å². The molecule has 0 amide bonds. The van der Waals surface area contributed by atoms with Gasteiger partial charge in [0.1, 0.15) is 0 Å². The summed E-state index contributed by atoms with van der Waals surface area (Å²) in [5.41, 5.74) is 0. The van der Waals surface area contributed by atoms with E-state index in [2.05, 4.69) is 0 Å². The summed E-state index contributed by atoms with van der Waals surface area (Å²) < 4.78 is 47.7. The van der Waals surface area contributed by atoms with E-state index in [0.717, 1.165) is 17.8 Å². The molecular weight excluding hydrogens is 286 g/mol. The fraction of sp³-hybridized carbons (Fsp3) is 0.400. The highest BCUT2D eigenvalue weighted by Crippen LogP contribution is 2.30. The Hall–Kier alpha value is -0.700. The minimum absolute atomic E-state index is 0.0201. The van der Waals surface area contributed by atoms with Crippen LogP contribution in [-0.4, -0.2) is 42.9 Å². The molecular formula is C10H12F2O4S2. The van der Waals surface area contributed by atoms with Gasteiger partial charge in [0.2, 0.25) is 9.84 Å². The van der Waals surface area contributed by atoms with Gasteiger partial charge in [-0.3, -0.25) is 0 Å². The fourth-order valence-electron chi connectivity index (χ4n) is 1.14. The van der Waals surface area contributed by atoms with Gasteiger partial charge < -0.3 is 10.2 Å². The van der Waals surface area contributed by atoms with Crippen LogP contribution in [0.25, 0.3) is 0 Å². The van der Waals surface area contributed by atoms with E-state index in [1.54, 1.807) is 0 Å². The Morgan fingerprint density at radius 2 is 1.89 bits per heavy atom. The number of sulfone groups is 1. The second-order valence-corrected chi connectivity index (χ2v) is 6.35. The minimum atomic E-state index is -4.66. The molecule has 18 heavy (non-hydrogen) atoms. The lowest BCUT2D eigenvalue weighted by Crippen LogP contribution is -2.16. The van der Waals surface area contributed by atoms with Crippen molar-refractivity contribution in [2.45, 2.75) is 21.7 Å². The molecule has 0 spiro atoms. The third-order valence-corrected chi connectivity index (χ3v) is 4.82. The first-order chi connectivity index (χ1) is 8.39. The molecule has 0 aliphatic heterocycles. The number of hydrogen-bond donors (Lipinski definition) is 2. The molecule has 0 aliphatic rings. The van der Waals surface area contributed by atoms with Crippen LogP contribution in [0.1, 0.15) is 0 Å². The first kappa shape index (κ1) is 15.4. The van der Waals surface area contributed by atoms with E-state index in [-0.39, 0.29) is 10.6 Å². The molecule has 2 N–H and O–H groups in total. The average Bonchev–Trinajstić information content (AvgIpc) is 2.35. The quantitative estimate of drug-likeness (QED) is 0.770. The van der Waals surface area contributed by atoms with Crippen LogP contribution in [0, 0.1) is 0 Å². The Morgan fingerprint density at radius 1 is 1.28 bits per heavy atom. The average molecular weight is 298 g/mol. The van der Waals surface area contributed by atoms with Gasteiger partial charge in [0.25, 0.3) is 0 Å². The van der Waals surface area contributed by atoms with E-state index in [1.165, 1.54) is 18.2 Å². The smallest absolute Gasteiger partial charge is 0.341 e. The number of aliphatic hydroxyl groups excluding tert-OH is 2. The van der Waals surface area contributed by atoms with Gasteiger partial charge >= 0.3 is 5.76 Å². The molecule has 1 rings (SSSR count). The van der Waals surface area contributed by atoms with Crippen LogP contribution in [0.3, 0.4) is 0 Å². The Morgan fingerprint density at radius 3 is 2.44 bits per heavy atom. The fourth-order valence-corrected chi connectivity index (χ4v) is 3.34. The number of halogens is 2. The van der Waals surface area contributed by atoms with Crippen molar-refractivity contribution >= 4 is 21.6 Å². The minimum Gasteiger partial charge on any atom is -0.394 e. The molecule has 0 fully saturated rings. The number of benzene rings is 1. The second kappa shape index (κ2) is 6.46. The predicted octanol–water partition coefficient (Wildman–Crippen LogP) is 1.13. The van der Waals surface area contributed by atoms with Crippen LogP contribution in [-0.2, 0) is 9.84 Å². The number of aliphatic hydroxyl groups is 2. The molecule has 8 heteroatoms. The van der Waals surface area contributed by atoms with Crippen LogP contribution < -0.4 is 0 Å². The van der Waals surface area contributed by atoms with E-state index < -0.39 is 33.2 Å². The molecule has 0 radical (unpaired) electrons. The van der Waals surface area contributed by atoms with Crippen molar-refractivity contribution < 1.29 is 27.4 Å². The maximum absolute atomic E-state index is 12.5. The van der Waals surface area contributed by atoms with Gasteiger partial charge in [-0.05, 0) is 12.1 Å². The van der Waals surface area contributed by atoms with Crippen LogP contribution >= 0.6 is 11.8 Å². The summed E-state index contributed by atoms with van der Waals surface area (Å²) in [5.74, 6) is -3.46. The maximum Gasteiger partial charge on any atom is 0.341 e. The Balaban J connectivity index is 3.01. The lowest BCUT2D eigenvalue weighted by atomic mass is 10.4. The van der Waals surface area contributed by atoms with E-state index in [9.17, 15) is 17.2 Å². The highest BCUT2D eigenvalue weighted by molar-refractivity contribution is 8.00. The van der Waals surface area contributed by atoms with Gasteiger partial charge in [-0.25, -0.2) is 8.42 Å². The van der Waals surface area contributed by atoms with Gasteiger partial charge in [-0.1, -0.05) is 12.1 Å². The summed E-state index contributed by atoms with van der Waals surface area (Å²) in [5, 5.41) is 17.8. The summed E-state index contributed by atoms with van der Waals surface area (Å²) in [7, 11) is -4.66. The first-order valence-electron chi connectivity index (χ1n) is 4.92. The molecule has 102 valence electrons. The highest BCUT2D eigenvalue weighted by atomic mass is 32.2. The zero-order valence-corrected chi connectivity index (χ0v) is 10.8. The molecule has 0 aromatic heterocycles. The lowest BCUT2D eigenvalue weighted by Gasteiger charge is -2.11. The molecule has 1 unspecified atom stereocenters. The molecule has 1 aromatic carbocycles. The summed E-state index contributed by atoms with van der Waals surface area (Å²) >= 11 is 0.902. The normalized spacial score (nSPS) is 13.8. The van der Waals surface area contributed by atoms with Gasteiger partial charge in [0.15, 0.2) is 0 Å². The number of thioether (sulfide) groups is 1. The molecule has 0 saturated carbocycles. The zero-order chi connectivity index (χ0) is 13.8. The van der Waals surface area contributed by atoms with Crippen LogP contribution in [0.15, 0.2) is 34.1 Å². The summed E-state index contributed by atoms with van der Waals surface area (Å²) in [6.07, 6.45) is -1.03. The highest BCUT2D eigenvalue weighted by Gasteiger charge is 2.29. The summed E-state index contributed by atoms with van der Waals surface area (Å²) in [4.78, 5) is -0.333. The Labute approximate surface area is 108 Å². The molecule has 4 nitrogen and oxygen atoms in total. The van der Waals surface area contributed by atoms with E-state index in [1.807, 2.05) is 0 Å². The van der Waals surface area contributed by atoms with Crippen molar-refractivity contribution in [3.05, 3.63) is 24.3 Å². The monoisotopic (exact) mass is 298 g/mol. The summed E-state index contributed by atoms with van der Waals surface area (Å²) in [6.45, 7) is -0.475. The van der Waals surface area contributed by atoms with Gasteiger partial charge in [-0.2, -0.15) is 8.78 Å². The molecule has 0 bridgehead atoms. The van der Waals surface area contributed by atoms with Crippen molar-refractivity contribution in [1.29, 1.82) is 0 Å². The van der Waals surface area contributed by atoms with Crippen molar-refractivity contribution in [3.63, 3.8) is 0 Å². The van der Waals surface area contributed by atoms with Crippen molar-refractivity contribution in [1.82, 2.24) is 0 Å². The third kappa shape index (κ3) is 3.64. The molecule has 0 heterocycles. The number of alkyl halides is 2. The molecule has 0 saturated heterocycles. The molecule has 1 atom stereocenters. The summed E-state index contributed by atoms with van der Waals surface area (Å²) in [6, 6.07) is 5.33. The number of hydrogen-bond acceptors (Lipinski definition) is 5. The Kier molecular flexibility index (Phi) is 5.51. The SMILES string of the molecule is O=S(=O)(c1ccccc1SCC(O)CO)C(F)F. The van der Waals surface area contributed by atoms with Crippen molar-refractivity contribution in [2.24, 2.45) is 0 Å². The third-order valence-electron chi connectivity index (χ3n) is 2.03. The first-order valence-corrected chi connectivity index (χ1v) is 7.45. The van der Waals surface area contributed by atoms with Gasteiger partial charge in [0.05, 0.1) is 17.6 Å². The standard InChI is InChI=1S/C10H12F2O4S2/c11-10(12)18(15,16)9-4-2-1-3-8(9)17-6-7(14)5-13/h1-4,7,10,13-14H,5-6H2. The zero-order valence-electron chi connectivity index (χ0n) is 9.16. The van der Waals surface area contributed by atoms with Gasteiger partial charge in [-0.15, -0.1) is 11.8 Å². The van der Waals surface area contributed by atoms with E-state index >= 15 is 0 Å². The predicted molar refractivity (Wildman–Crippen MR) is 63.4 cm³/mol. The van der Waals surface area contributed by atoms with Crippen molar-refractivity contribution in [3.8, 4) is 0 Å². The molecule has 1 aromatic rings. The van der Waals surface area contributed by atoms with Crippen LogP contribution in [0.4, 0.5) is 8.78 Å². The van der Waals surface area contributed by atoms with Crippen LogP contribution in [0.2, 0.25) is 0 Å². The van der Waals surface area contributed by atoms with E-state index in [0.29, 0.717) is 0 Å². The largest absolute Gasteiger partial charge is 0.394 e.